The predicted octanol–water partition coefficient (Wildman–Crippen LogP) is 4.01. The quantitative estimate of drug-likeness (QED) is 0.466. The van der Waals surface area contributed by atoms with E-state index in [9.17, 15) is 18.0 Å². The molecular weight excluding hydrogens is 445 g/mol. The van der Waals surface area contributed by atoms with Gasteiger partial charge in [0.25, 0.3) is 0 Å². The number of hydrogen-bond acceptors (Lipinski definition) is 5. The molecule has 2 aromatic carbocycles. The summed E-state index contributed by atoms with van der Waals surface area (Å²) in [7, 11) is 1.57. The Morgan fingerprint density at radius 2 is 1.78 bits per heavy atom. The van der Waals surface area contributed by atoms with E-state index < -0.39 is 12.8 Å². The second kappa shape index (κ2) is 10.4. The number of amides is 1. The van der Waals surface area contributed by atoms with Crippen LogP contribution in [-0.2, 0) is 29.2 Å². The topological polar surface area (TPSA) is 81.2 Å². The molecule has 0 saturated carbocycles. The fourth-order valence-corrected chi connectivity index (χ4v) is 3.06. The summed E-state index contributed by atoms with van der Waals surface area (Å²) in [6.45, 7) is -1.20. The molecule has 0 fully saturated rings. The van der Waals surface area contributed by atoms with Crippen LogP contribution >= 0.6 is 12.2 Å². The Hall–Kier alpha value is -3.18. The van der Waals surface area contributed by atoms with Gasteiger partial charge in [-0.1, -0.05) is 24.3 Å². The maximum Gasteiger partial charge on any atom is 0.411 e. The molecule has 1 aromatic heterocycles. The third kappa shape index (κ3) is 6.66. The van der Waals surface area contributed by atoms with Gasteiger partial charge in [0.1, 0.15) is 18.9 Å². The van der Waals surface area contributed by atoms with Crippen LogP contribution in [0.2, 0.25) is 0 Å². The van der Waals surface area contributed by atoms with Gasteiger partial charge < -0.3 is 14.8 Å². The first-order chi connectivity index (χ1) is 15.2. The Bertz CT molecular complexity index is 1090. The number of carbonyl (C=O) groups excluding carboxylic acids is 1. The largest absolute Gasteiger partial charge is 0.497 e. The van der Waals surface area contributed by atoms with Crippen LogP contribution in [0.5, 0.6) is 5.75 Å². The van der Waals surface area contributed by atoms with Gasteiger partial charge in [0, 0.05) is 12.1 Å². The van der Waals surface area contributed by atoms with E-state index in [2.05, 4.69) is 20.3 Å². The minimum absolute atomic E-state index is 0.0277. The number of halogens is 3. The molecular formula is C21H21F3N4O3S. The molecule has 2 N–H and O–H groups in total. The Labute approximate surface area is 187 Å². The zero-order valence-electron chi connectivity index (χ0n) is 17.1. The Morgan fingerprint density at radius 1 is 1.12 bits per heavy atom. The van der Waals surface area contributed by atoms with Crippen molar-refractivity contribution in [3.63, 3.8) is 0 Å². The molecule has 1 amide bonds. The van der Waals surface area contributed by atoms with Crippen LogP contribution in [0, 0.1) is 4.77 Å². The third-order valence-electron chi connectivity index (χ3n) is 4.46. The highest BCUT2D eigenvalue weighted by Gasteiger charge is 2.27. The lowest BCUT2D eigenvalue weighted by atomic mass is 10.1. The van der Waals surface area contributed by atoms with Gasteiger partial charge >= 0.3 is 6.18 Å². The van der Waals surface area contributed by atoms with Crippen LogP contribution < -0.4 is 10.1 Å². The molecule has 32 heavy (non-hydrogen) atoms. The van der Waals surface area contributed by atoms with Gasteiger partial charge in [-0.25, -0.2) is 0 Å². The van der Waals surface area contributed by atoms with Crippen molar-refractivity contribution in [1.82, 2.24) is 20.1 Å². The number of nitrogens with one attached hydrogen (secondary N) is 2. The van der Waals surface area contributed by atoms with Crippen molar-refractivity contribution in [3.05, 3.63) is 64.4 Å². The lowest BCUT2D eigenvalue weighted by Gasteiger charge is -2.10. The van der Waals surface area contributed by atoms with Gasteiger partial charge in [0.2, 0.25) is 5.91 Å². The van der Waals surface area contributed by atoms with Crippen molar-refractivity contribution >= 4 is 18.1 Å². The van der Waals surface area contributed by atoms with E-state index in [1.807, 2.05) is 12.1 Å². The van der Waals surface area contributed by atoms with Crippen LogP contribution in [0.25, 0.3) is 11.4 Å². The predicted molar refractivity (Wildman–Crippen MR) is 113 cm³/mol. The molecule has 0 unspecified atom stereocenters. The minimum Gasteiger partial charge on any atom is -0.497 e. The zero-order valence-corrected chi connectivity index (χ0v) is 17.9. The van der Waals surface area contributed by atoms with E-state index in [-0.39, 0.29) is 25.6 Å². The molecule has 0 atom stereocenters. The number of nitrogens with zero attached hydrogens (tertiary/aromatic N) is 2. The number of carbonyl (C=O) groups is 1. The molecule has 3 rings (SSSR count). The number of H-pyrrole nitrogens is 1. The van der Waals surface area contributed by atoms with Crippen LogP contribution in [0.1, 0.15) is 11.1 Å². The number of aromatic amines is 1. The van der Waals surface area contributed by atoms with E-state index in [4.69, 9.17) is 17.0 Å². The Balaban J connectivity index is 1.55. The molecule has 0 aliphatic heterocycles. The van der Waals surface area contributed by atoms with Crippen LogP contribution in [0.4, 0.5) is 13.2 Å². The first kappa shape index (κ1) is 23.5. The van der Waals surface area contributed by atoms with Crippen molar-refractivity contribution in [2.24, 2.45) is 0 Å². The number of alkyl halides is 3. The molecule has 0 bridgehead atoms. The Kier molecular flexibility index (Phi) is 7.65. The number of methoxy groups -OCH3 is 1. The standard InChI is InChI=1S/C21H21F3N4O3S/c1-30-17-8-6-16(7-9-17)19-26-27-20(32)28(19)11-18(29)25-10-14-2-4-15(5-3-14)12-31-13-21(22,23)24/h2-9H,10-13H2,1H3,(H,25,29)(H,27,32). The van der Waals surface area contributed by atoms with E-state index in [0.29, 0.717) is 21.9 Å². The van der Waals surface area contributed by atoms with Gasteiger partial charge in [-0.2, -0.15) is 18.3 Å². The highest BCUT2D eigenvalue weighted by Crippen LogP contribution is 2.21. The minimum atomic E-state index is -4.35. The number of benzene rings is 2. The van der Waals surface area contributed by atoms with Crippen molar-refractivity contribution in [2.75, 3.05) is 13.7 Å². The molecule has 0 aliphatic carbocycles. The fraction of sp³-hybridized carbons (Fsp3) is 0.286. The fourth-order valence-electron chi connectivity index (χ4n) is 2.86. The number of hydrogen-bond donors (Lipinski definition) is 2. The van der Waals surface area contributed by atoms with Crippen LogP contribution in [-0.4, -0.2) is 40.6 Å². The molecule has 0 saturated heterocycles. The van der Waals surface area contributed by atoms with Gasteiger partial charge in [-0.05, 0) is 47.6 Å². The molecule has 0 radical (unpaired) electrons. The summed E-state index contributed by atoms with van der Waals surface area (Å²) in [5.74, 6) is 0.955. The summed E-state index contributed by atoms with van der Waals surface area (Å²) in [5, 5.41) is 9.70. The molecule has 7 nitrogen and oxygen atoms in total. The van der Waals surface area contributed by atoms with E-state index in [0.717, 1.165) is 11.1 Å². The summed E-state index contributed by atoms with van der Waals surface area (Å²) in [6, 6.07) is 14.0. The Morgan fingerprint density at radius 3 is 2.41 bits per heavy atom. The molecule has 1 heterocycles. The van der Waals surface area contributed by atoms with E-state index >= 15 is 0 Å². The molecule has 3 aromatic rings. The average Bonchev–Trinajstić information content (AvgIpc) is 3.12. The summed E-state index contributed by atoms with van der Waals surface area (Å²) in [5.41, 5.74) is 2.18. The number of ether oxygens (including phenoxy) is 2. The monoisotopic (exact) mass is 466 g/mol. The summed E-state index contributed by atoms with van der Waals surface area (Å²) in [6.07, 6.45) is -4.35. The smallest absolute Gasteiger partial charge is 0.411 e. The second-order valence-electron chi connectivity index (χ2n) is 6.87. The maximum absolute atomic E-state index is 12.5. The second-order valence-corrected chi connectivity index (χ2v) is 7.25. The summed E-state index contributed by atoms with van der Waals surface area (Å²) in [4.78, 5) is 12.5. The average molecular weight is 466 g/mol. The zero-order chi connectivity index (χ0) is 23.1. The maximum atomic E-state index is 12.5. The van der Waals surface area contributed by atoms with Gasteiger partial charge in [0.15, 0.2) is 10.6 Å². The summed E-state index contributed by atoms with van der Waals surface area (Å²) >= 11 is 5.25. The number of aromatic nitrogens is 3. The van der Waals surface area contributed by atoms with E-state index in [1.54, 1.807) is 48.1 Å². The lowest BCUT2D eigenvalue weighted by Crippen LogP contribution is -2.27. The molecule has 0 spiro atoms. The third-order valence-corrected chi connectivity index (χ3v) is 4.77. The first-order valence-electron chi connectivity index (χ1n) is 9.54. The molecule has 11 heteroatoms. The van der Waals surface area contributed by atoms with Crippen molar-refractivity contribution in [2.45, 2.75) is 25.9 Å². The molecule has 0 aliphatic rings. The first-order valence-corrected chi connectivity index (χ1v) is 9.94. The lowest BCUT2D eigenvalue weighted by molar-refractivity contribution is -0.176. The molecule has 170 valence electrons. The number of rotatable bonds is 9. The van der Waals surface area contributed by atoms with Crippen molar-refractivity contribution in [1.29, 1.82) is 0 Å². The van der Waals surface area contributed by atoms with Crippen molar-refractivity contribution in [3.8, 4) is 17.1 Å². The van der Waals surface area contributed by atoms with Crippen molar-refractivity contribution < 1.29 is 27.4 Å². The van der Waals surface area contributed by atoms with Crippen LogP contribution in [0.3, 0.4) is 0 Å². The normalized spacial score (nSPS) is 11.4. The highest BCUT2D eigenvalue weighted by atomic mass is 32.1. The SMILES string of the molecule is COc1ccc(-c2n[nH]c(=S)n2CC(=O)NCc2ccc(COCC(F)(F)F)cc2)cc1. The van der Waals surface area contributed by atoms with Crippen LogP contribution in [0.15, 0.2) is 48.5 Å². The highest BCUT2D eigenvalue weighted by molar-refractivity contribution is 7.71. The summed E-state index contributed by atoms with van der Waals surface area (Å²) < 4.78 is 48.1. The van der Waals surface area contributed by atoms with E-state index in [1.165, 1.54) is 0 Å². The van der Waals surface area contributed by atoms with Gasteiger partial charge in [-0.15, -0.1) is 0 Å². The van der Waals surface area contributed by atoms with Gasteiger partial charge in [0.05, 0.1) is 13.7 Å². The van der Waals surface area contributed by atoms with Gasteiger partial charge in [-0.3, -0.25) is 14.5 Å².